The molecule has 0 spiro atoms. The summed E-state index contributed by atoms with van der Waals surface area (Å²) in [5.41, 5.74) is 6.57. The number of hydrogen-bond acceptors (Lipinski definition) is 3. The molecule has 3 rings (SSSR count). The highest BCUT2D eigenvalue weighted by molar-refractivity contribution is 5.01. The first-order chi connectivity index (χ1) is 9.27. The Bertz CT molecular complexity index is 305. The molecular formula is C16H30N2O. The van der Waals surface area contributed by atoms with Gasteiger partial charge in [-0.3, -0.25) is 4.90 Å². The van der Waals surface area contributed by atoms with Gasteiger partial charge in [0.15, 0.2) is 0 Å². The van der Waals surface area contributed by atoms with Gasteiger partial charge in [0.25, 0.3) is 0 Å². The summed E-state index contributed by atoms with van der Waals surface area (Å²) in [6.45, 7) is 4.23. The van der Waals surface area contributed by atoms with E-state index in [-0.39, 0.29) is 0 Å². The lowest BCUT2D eigenvalue weighted by molar-refractivity contribution is 0.0427. The molecule has 0 radical (unpaired) electrons. The quantitative estimate of drug-likeness (QED) is 0.829. The molecule has 1 saturated heterocycles. The molecule has 19 heavy (non-hydrogen) atoms. The van der Waals surface area contributed by atoms with Crippen LogP contribution in [0.2, 0.25) is 0 Å². The van der Waals surface area contributed by atoms with Crippen molar-refractivity contribution in [3.63, 3.8) is 0 Å². The predicted molar refractivity (Wildman–Crippen MR) is 78.0 cm³/mol. The van der Waals surface area contributed by atoms with Gasteiger partial charge in [0.05, 0.1) is 6.61 Å². The number of methoxy groups -OCH3 is 1. The fraction of sp³-hybridized carbons (Fsp3) is 1.00. The van der Waals surface area contributed by atoms with Gasteiger partial charge in [-0.2, -0.15) is 0 Å². The molecule has 1 aliphatic heterocycles. The smallest absolute Gasteiger partial charge is 0.0503 e. The van der Waals surface area contributed by atoms with Gasteiger partial charge in [0.2, 0.25) is 0 Å². The molecule has 3 unspecified atom stereocenters. The van der Waals surface area contributed by atoms with Crippen LogP contribution in [-0.2, 0) is 4.74 Å². The van der Waals surface area contributed by atoms with Crippen molar-refractivity contribution >= 4 is 0 Å². The normalized spacial score (nSPS) is 40.7. The third kappa shape index (κ3) is 2.84. The van der Waals surface area contributed by atoms with E-state index in [0.717, 1.165) is 30.9 Å². The predicted octanol–water partition coefficient (Wildman–Crippen LogP) is 2.25. The summed E-state index contributed by atoms with van der Waals surface area (Å²) >= 11 is 0. The molecule has 3 aliphatic rings. The highest BCUT2D eigenvalue weighted by Crippen LogP contribution is 2.48. The van der Waals surface area contributed by atoms with Crippen molar-refractivity contribution in [1.82, 2.24) is 4.90 Å². The summed E-state index contributed by atoms with van der Waals surface area (Å²) in [5, 5.41) is 0. The molecule has 2 aliphatic carbocycles. The minimum Gasteiger partial charge on any atom is -0.384 e. The molecular weight excluding hydrogens is 236 g/mol. The Morgan fingerprint density at radius 3 is 2.74 bits per heavy atom. The van der Waals surface area contributed by atoms with Gasteiger partial charge in [0, 0.05) is 25.7 Å². The second-order valence-electron chi connectivity index (χ2n) is 7.18. The highest BCUT2D eigenvalue weighted by atomic mass is 16.5. The fourth-order valence-electron chi connectivity index (χ4n) is 4.59. The van der Waals surface area contributed by atoms with Crippen molar-refractivity contribution in [1.29, 1.82) is 0 Å². The van der Waals surface area contributed by atoms with E-state index < -0.39 is 0 Å². The molecule has 1 heterocycles. The zero-order chi connectivity index (χ0) is 13.3. The summed E-state index contributed by atoms with van der Waals surface area (Å²) in [7, 11) is 1.82. The molecule has 0 amide bonds. The Hall–Kier alpha value is -0.120. The van der Waals surface area contributed by atoms with Crippen LogP contribution in [0.25, 0.3) is 0 Å². The average Bonchev–Trinajstić information content (AvgIpc) is 3.19. The van der Waals surface area contributed by atoms with Crippen LogP contribution < -0.4 is 5.73 Å². The lowest BCUT2D eigenvalue weighted by Gasteiger charge is -2.47. The molecule has 0 bridgehead atoms. The topological polar surface area (TPSA) is 38.5 Å². The third-order valence-electron chi connectivity index (χ3n) is 5.89. The molecule has 3 atom stereocenters. The van der Waals surface area contributed by atoms with E-state index in [1.165, 1.54) is 58.0 Å². The third-order valence-corrected chi connectivity index (χ3v) is 5.89. The fourth-order valence-corrected chi connectivity index (χ4v) is 4.59. The van der Waals surface area contributed by atoms with Gasteiger partial charge in [-0.05, 0) is 56.4 Å². The maximum Gasteiger partial charge on any atom is 0.0503 e. The van der Waals surface area contributed by atoms with Gasteiger partial charge in [-0.1, -0.05) is 12.8 Å². The monoisotopic (exact) mass is 266 g/mol. The zero-order valence-corrected chi connectivity index (χ0v) is 12.4. The van der Waals surface area contributed by atoms with Crippen LogP contribution in [0.4, 0.5) is 0 Å². The Labute approximate surface area is 117 Å². The number of rotatable bonds is 5. The molecule has 2 N–H and O–H groups in total. The summed E-state index contributed by atoms with van der Waals surface area (Å²) in [6.07, 6.45) is 9.81. The number of hydrogen-bond donors (Lipinski definition) is 1. The summed E-state index contributed by atoms with van der Waals surface area (Å²) < 4.78 is 5.34. The van der Waals surface area contributed by atoms with Crippen molar-refractivity contribution in [3.8, 4) is 0 Å². The minimum atomic E-state index is 0.327. The highest BCUT2D eigenvalue weighted by Gasteiger charge is 2.46. The van der Waals surface area contributed by atoms with Crippen LogP contribution in [0.3, 0.4) is 0 Å². The molecule has 0 aromatic rings. The Kier molecular flexibility index (Phi) is 4.16. The number of ether oxygens (including phenoxy) is 1. The van der Waals surface area contributed by atoms with Crippen LogP contribution in [-0.4, -0.2) is 43.8 Å². The first-order valence-electron chi connectivity index (χ1n) is 8.21. The van der Waals surface area contributed by atoms with Crippen molar-refractivity contribution in [2.75, 3.05) is 33.4 Å². The SMILES string of the molecule is COCC1CCN(C2(CN)CCCC(C3CC3)C2)C1. The molecule has 110 valence electrons. The lowest BCUT2D eigenvalue weighted by atomic mass is 9.73. The molecule has 2 saturated carbocycles. The number of likely N-dealkylation sites (tertiary alicyclic amines) is 1. The molecule has 0 aromatic carbocycles. The van der Waals surface area contributed by atoms with E-state index in [1.807, 2.05) is 7.11 Å². The lowest BCUT2D eigenvalue weighted by Crippen LogP contribution is -2.55. The Morgan fingerprint density at radius 1 is 1.21 bits per heavy atom. The van der Waals surface area contributed by atoms with Crippen molar-refractivity contribution < 1.29 is 4.74 Å². The Balaban J connectivity index is 1.64. The van der Waals surface area contributed by atoms with Crippen LogP contribution in [0.15, 0.2) is 0 Å². The van der Waals surface area contributed by atoms with Gasteiger partial charge in [0.1, 0.15) is 0 Å². The van der Waals surface area contributed by atoms with Crippen molar-refractivity contribution in [2.45, 2.75) is 50.5 Å². The van der Waals surface area contributed by atoms with E-state index in [0.29, 0.717) is 5.54 Å². The van der Waals surface area contributed by atoms with Crippen LogP contribution in [0.1, 0.15) is 44.9 Å². The van der Waals surface area contributed by atoms with Gasteiger partial charge < -0.3 is 10.5 Å². The van der Waals surface area contributed by atoms with Gasteiger partial charge in [-0.25, -0.2) is 0 Å². The number of nitrogens with two attached hydrogens (primary N) is 1. The molecule has 3 heteroatoms. The second-order valence-corrected chi connectivity index (χ2v) is 7.18. The summed E-state index contributed by atoms with van der Waals surface area (Å²) in [6, 6.07) is 0. The van der Waals surface area contributed by atoms with Gasteiger partial charge in [-0.15, -0.1) is 0 Å². The van der Waals surface area contributed by atoms with E-state index in [2.05, 4.69) is 4.90 Å². The van der Waals surface area contributed by atoms with Crippen LogP contribution in [0.5, 0.6) is 0 Å². The summed E-state index contributed by atoms with van der Waals surface area (Å²) in [4.78, 5) is 2.73. The van der Waals surface area contributed by atoms with Gasteiger partial charge >= 0.3 is 0 Å². The average molecular weight is 266 g/mol. The molecule has 0 aromatic heterocycles. The van der Waals surface area contributed by atoms with Crippen LogP contribution >= 0.6 is 0 Å². The first kappa shape index (κ1) is 13.8. The van der Waals surface area contributed by atoms with E-state index >= 15 is 0 Å². The number of nitrogens with zero attached hydrogens (tertiary/aromatic N) is 1. The first-order valence-corrected chi connectivity index (χ1v) is 8.21. The van der Waals surface area contributed by atoms with Crippen molar-refractivity contribution in [2.24, 2.45) is 23.5 Å². The zero-order valence-electron chi connectivity index (χ0n) is 12.4. The second kappa shape index (κ2) is 5.71. The van der Waals surface area contributed by atoms with E-state index in [1.54, 1.807) is 0 Å². The maximum atomic E-state index is 6.25. The Morgan fingerprint density at radius 2 is 2.05 bits per heavy atom. The minimum absolute atomic E-state index is 0.327. The van der Waals surface area contributed by atoms with E-state index in [4.69, 9.17) is 10.5 Å². The molecule has 3 fully saturated rings. The molecule has 3 nitrogen and oxygen atoms in total. The van der Waals surface area contributed by atoms with Crippen LogP contribution in [0, 0.1) is 17.8 Å². The largest absolute Gasteiger partial charge is 0.384 e. The van der Waals surface area contributed by atoms with E-state index in [9.17, 15) is 0 Å². The standard InChI is InChI=1S/C16H30N2O/c1-19-11-13-6-8-18(10-13)16(12-17)7-2-3-15(9-16)14-4-5-14/h13-15H,2-12,17H2,1H3. The van der Waals surface area contributed by atoms with Crippen molar-refractivity contribution in [3.05, 3.63) is 0 Å². The summed E-state index contributed by atoms with van der Waals surface area (Å²) in [5.74, 6) is 2.75. The maximum absolute atomic E-state index is 6.25.